The number of primary amides is 1. The molecule has 0 fully saturated rings. The molecule has 1 heterocycles. The van der Waals surface area contributed by atoms with E-state index in [0.29, 0.717) is 4.34 Å². The van der Waals surface area contributed by atoms with E-state index in [-0.39, 0.29) is 4.88 Å². The first-order chi connectivity index (χ1) is 5.11. The van der Waals surface area contributed by atoms with E-state index in [1.807, 2.05) is 0 Å². The molecule has 1 aromatic rings. The van der Waals surface area contributed by atoms with Crippen LogP contribution < -0.4 is 5.73 Å². The second kappa shape index (κ2) is 3.02. The predicted octanol–water partition coefficient (Wildman–Crippen LogP) is 1.07. The molecule has 0 aliphatic heterocycles. The number of carbonyl (C=O) groups is 2. The summed E-state index contributed by atoms with van der Waals surface area (Å²) in [6.07, 6.45) is 0. The number of carbonyl (C=O) groups excluding carboxylic acids is 2. The van der Waals surface area contributed by atoms with Gasteiger partial charge in [0, 0.05) is 0 Å². The molecule has 3 nitrogen and oxygen atoms in total. The Bertz CT molecular complexity index is 307. The molecule has 0 aromatic carbocycles. The Morgan fingerprint density at radius 1 is 1.45 bits per heavy atom. The van der Waals surface area contributed by atoms with E-state index < -0.39 is 11.7 Å². The third-order valence-electron chi connectivity index (χ3n) is 1.02. The van der Waals surface area contributed by atoms with Crippen LogP contribution in [0.15, 0.2) is 12.1 Å². The van der Waals surface area contributed by atoms with E-state index in [9.17, 15) is 9.59 Å². The number of hydrogen-bond donors (Lipinski definition) is 1. The number of halogens is 1. The van der Waals surface area contributed by atoms with Gasteiger partial charge in [-0.25, -0.2) is 0 Å². The lowest BCUT2D eigenvalue weighted by Gasteiger charge is -1.86. The summed E-state index contributed by atoms with van der Waals surface area (Å²) in [6, 6.07) is 3.02. The van der Waals surface area contributed by atoms with Crippen LogP contribution >= 0.6 is 22.9 Å². The van der Waals surface area contributed by atoms with E-state index in [2.05, 4.69) is 0 Å². The smallest absolute Gasteiger partial charge is 0.290 e. The van der Waals surface area contributed by atoms with E-state index in [1.54, 1.807) is 6.07 Å². The van der Waals surface area contributed by atoms with Crippen molar-refractivity contribution in [2.75, 3.05) is 0 Å². The van der Waals surface area contributed by atoms with Gasteiger partial charge in [0.05, 0.1) is 9.21 Å². The standard InChI is InChI=1S/C6H4ClNO2S/c7-4-2-1-3(11-4)5(9)6(8)10/h1-2H,(H2,8,10). The summed E-state index contributed by atoms with van der Waals surface area (Å²) >= 11 is 6.56. The van der Waals surface area contributed by atoms with E-state index in [1.165, 1.54) is 6.07 Å². The first-order valence-electron chi connectivity index (χ1n) is 2.70. The van der Waals surface area contributed by atoms with Gasteiger partial charge in [-0.05, 0) is 12.1 Å². The molecule has 0 saturated carbocycles. The molecule has 0 bridgehead atoms. The number of thiophene rings is 1. The molecule has 58 valence electrons. The van der Waals surface area contributed by atoms with Crippen LogP contribution in [-0.4, -0.2) is 11.7 Å². The zero-order valence-corrected chi connectivity index (χ0v) is 6.91. The van der Waals surface area contributed by atoms with Crippen molar-refractivity contribution in [3.8, 4) is 0 Å². The van der Waals surface area contributed by atoms with Gasteiger partial charge in [-0.2, -0.15) is 0 Å². The number of ketones is 1. The van der Waals surface area contributed by atoms with Crippen LogP contribution in [0.4, 0.5) is 0 Å². The molecule has 11 heavy (non-hydrogen) atoms. The van der Waals surface area contributed by atoms with Gasteiger partial charge in [0.1, 0.15) is 0 Å². The minimum Gasteiger partial charge on any atom is -0.363 e. The highest BCUT2D eigenvalue weighted by molar-refractivity contribution is 7.18. The molecule has 1 aromatic heterocycles. The third-order valence-corrected chi connectivity index (χ3v) is 2.25. The van der Waals surface area contributed by atoms with E-state index in [0.717, 1.165) is 11.3 Å². The Hall–Kier alpha value is -0.870. The predicted molar refractivity (Wildman–Crippen MR) is 42.9 cm³/mol. The SMILES string of the molecule is NC(=O)C(=O)c1ccc(Cl)s1. The van der Waals surface area contributed by atoms with Crippen molar-refractivity contribution < 1.29 is 9.59 Å². The molecule has 1 rings (SSSR count). The summed E-state index contributed by atoms with van der Waals surface area (Å²) in [4.78, 5) is 21.5. The van der Waals surface area contributed by atoms with Gasteiger partial charge in [0.15, 0.2) is 0 Å². The van der Waals surface area contributed by atoms with Crippen molar-refractivity contribution in [3.05, 3.63) is 21.3 Å². The lowest BCUT2D eigenvalue weighted by molar-refractivity contribution is -0.114. The number of nitrogens with two attached hydrogens (primary N) is 1. The van der Waals surface area contributed by atoms with Gasteiger partial charge in [-0.3, -0.25) is 9.59 Å². The lowest BCUT2D eigenvalue weighted by Crippen LogP contribution is -2.21. The number of amides is 1. The van der Waals surface area contributed by atoms with Crippen molar-refractivity contribution in [1.82, 2.24) is 0 Å². The van der Waals surface area contributed by atoms with E-state index >= 15 is 0 Å². The third kappa shape index (κ3) is 1.78. The van der Waals surface area contributed by atoms with Gasteiger partial charge in [0.25, 0.3) is 11.7 Å². The maximum atomic E-state index is 10.8. The van der Waals surface area contributed by atoms with Crippen LogP contribution in [0.25, 0.3) is 0 Å². The van der Waals surface area contributed by atoms with Crippen LogP contribution in [0.2, 0.25) is 4.34 Å². The molecule has 1 amide bonds. The van der Waals surface area contributed by atoms with Crippen LogP contribution in [0.3, 0.4) is 0 Å². The number of hydrogen-bond acceptors (Lipinski definition) is 3. The Morgan fingerprint density at radius 2 is 2.09 bits per heavy atom. The van der Waals surface area contributed by atoms with Gasteiger partial charge in [0.2, 0.25) is 0 Å². The second-order valence-corrected chi connectivity index (χ2v) is 3.51. The Balaban J connectivity index is 2.94. The monoisotopic (exact) mass is 189 g/mol. The molecule has 0 unspecified atom stereocenters. The van der Waals surface area contributed by atoms with Crippen molar-refractivity contribution in [3.63, 3.8) is 0 Å². The van der Waals surface area contributed by atoms with Crippen molar-refractivity contribution in [2.45, 2.75) is 0 Å². The average molecular weight is 190 g/mol. The second-order valence-electron chi connectivity index (χ2n) is 1.80. The van der Waals surface area contributed by atoms with Gasteiger partial charge < -0.3 is 5.73 Å². The van der Waals surface area contributed by atoms with Crippen molar-refractivity contribution in [1.29, 1.82) is 0 Å². The fourth-order valence-electron chi connectivity index (χ4n) is 0.558. The minimum absolute atomic E-state index is 0.280. The quantitative estimate of drug-likeness (QED) is 0.559. The fourth-order valence-corrected chi connectivity index (χ4v) is 1.55. The van der Waals surface area contributed by atoms with Crippen molar-refractivity contribution >= 4 is 34.6 Å². The average Bonchev–Trinajstić information content (AvgIpc) is 2.34. The lowest BCUT2D eigenvalue weighted by atomic mass is 10.3. The van der Waals surface area contributed by atoms with Gasteiger partial charge in [-0.15, -0.1) is 11.3 Å². The highest BCUT2D eigenvalue weighted by Gasteiger charge is 2.13. The fraction of sp³-hybridized carbons (Fsp3) is 0. The van der Waals surface area contributed by atoms with E-state index in [4.69, 9.17) is 17.3 Å². The Labute approximate surface area is 71.8 Å². The maximum absolute atomic E-state index is 10.8. The largest absolute Gasteiger partial charge is 0.363 e. The Morgan fingerprint density at radius 3 is 2.45 bits per heavy atom. The molecule has 0 radical (unpaired) electrons. The summed E-state index contributed by atoms with van der Waals surface area (Å²) in [6.45, 7) is 0. The van der Waals surface area contributed by atoms with Gasteiger partial charge >= 0.3 is 0 Å². The minimum atomic E-state index is -0.955. The molecule has 0 aliphatic rings. The summed E-state index contributed by atoms with van der Waals surface area (Å²) in [7, 11) is 0. The van der Waals surface area contributed by atoms with Crippen molar-refractivity contribution in [2.24, 2.45) is 5.73 Å². The van der Waals surface area contributed by atoms with Crippen LogP contribution in [0.1, 0.15) is 9.67 Å². The van der Waals surface area contributed by atoms with Crippen LogP contribution in [-0.2, 0) is 4.79 Å². The first kappa shape index (κ1) is 8.23. The zero-order chi connectivity index (χ0) is 8.43. The molecule has 0 spiro atoms. The summed E-state index contributed by atoms with van der Waals surface area (Å²) in [5, 5.41) is 0. The number of Topliss-reactive ketones (excluding diaryl/α,β-unsaturated/α-hetero) is 1. The highest BCUT2D eigenvalue weighted by atomic mass is 35.5. The summed E-state index contributed by atoms with van der Waals surface area (Å²) < 4.78 is 0.467. The zero-order valence-electron chi connectivity index (χ0n) is 5.33. The first-order valence-corrected chi connectivity index (χ1v) is 3.90. The molecule has 5 heteroatoms. The molecular weight excluding hydrogens is 186 g/mol. The van der Waals surface area contributed by atoms with Crippen LogP contribution in [0.5, 0.6) is 0 Å². The van der Waals surface area contributed by atoms with Gasteiger partial charge in [-0.1, -0.05) is 11.6 Å². The molecular formula is C6H4ClNO2S. The Kier molecular flexibility index (Phi) is 2.26. The van der Waals surface area contributed by atoms with Crippen LogP contribution in [0, 0.1) is 0 Å². The molecule has 0 atom stereocenters. The molecule has 0 aliphatic carbocycles. The maximum Gasteiger partial charge on any atom is 0.290 e. The normalized spacial score (nSPS) is 9.55. The summed E-state index contributed by atoms with van der Waals surface area (Å²) in [5.74, 6) is -1.65. The topological polar surface area (TPSA) is 60.2 Å². The molecule has 0 saturated heterocycles. The summed E-state index contributed by atoms with van der Waals surface area (Å²) in [5.41, 5.74) is 4.75. The highest BCUT2D eigenvalue weighted by Crippen LogP contribution is 2.21. The number of rotatable bonds is 2. The molecule has 2 N–H and O–H groups in total.